The number of hydrogen-bond donors (Lipinski definition) is 1. The highest BCUT2D eigenvalue weighted by Crippen LogP contribution is 2.14. The first-order valence-corrected chi connectivity index (χ1v) is 8.01. The van der Waals surface area contributed by atoms with Crippen molar-refractivity contribution < 1.29 is 4.79 Å². The second-order valence-electron chi connectivity index (χ2n) is 5.79. The summed E-state index contributed by atoms with van der Waals surface area (Å²) in [5.41, 5.74) is 1.49. The Kier molecular flexibility index (Phi) is 5.87. The molecule has 1 N–H and O–H groups in total. The summed E-state index contributed by atoms with van der Waals surface area (Å²) in [6.45, 7) is 7.71. The van der Waals surface area contributed by atoms with Gasteiger partial charge in [0.1, 0.15) is 0 Å². The molecule has 2 heterocycles. The Bertz CT molecular complexity index is 636. The second kappa shape index (κ2) is 7.87. The van der Waals surface area contributed by atoms with Crippen LogP contribution in [-0.4, -0.2) is 51.8 Å². The van der Waals surface area contributed by atoms with E-state index in [0.717, 1.165) is 18.1 Å². The summed E-state index contributed by atoms with van der Waals surface area (Å²) in [4.78, 5) is 18.9. The van der Waals surface area contributed by atoms with Crippen LogP contribution < -0.4 is 5.32 Å². The number of rotatable bonds is 7. The van der Waals surface area contributed by atoms with Crippen LogP contribution in [0.4, 0.5) is 0 Å². The topological polar surface area (TPSA) is 63.1 Å². The molecule has 0 aliphatic rings. The zero-order valence-electron chi connectivity index (χ0n) is 14.3. The SMILES string of the molecule is CCc1c(C(=O)NCCN(C)C(C)C)cnn1-c1ccccn1. The zero-order valence-corrected chi connectivity index (χ0v) is 14.3. The maximum Gasteiger partial charge on any atom is 0.254 e. The highest BCUT2D eigenvalue weighted by Gasteiger charge is 2.17. The average Bonchev–Trinajstić information content (AvgIpc) is 2.99. The maximum absolute atomic E-state index is 12.4. The summed E-state index contributed by atoms with van der Waals surface area (Å²) < 4.78 is 1.73. The van der Waals surface area contributed by atoms with Crippen molar-refractivity contribution in [3.8, 4) is 5.82 Å². The van der Waals surface area contributed by atoms with Crippen LogP contribution >= 0.6 is 0 Å². The van der Waals surface area contributed by atoms with Gasteiger partial charge in [0.15, 0.2) is 5.82 Å². The number of carbonyl (C=O) groups excluding carboxylic acids is 1. The van der Waals surface area contributed by atoms with Gasteiger partial charge in [-0.3, -0.25) is 4.79 Å². The van der Waals surface area contributed by atoms with Crippen molar-refractivity contribution in [2.24, 2.45) is 0 Å². The smallest absolute Gasteiger partial charge is 0.254 e. The number of amides is 1. The van der Waals surface area contributed by atoms with Gasteiger partial charge in [-0.2, -0.15) is 5.10 Å². The third kappa shape index (κ3) is 4.16. The number of pyridine rings is 1. The molecule has 0 aliphatic carbocycles. The first-order valence-electron chi connectivity index (χ1n) is 8.01. The number of nitrogens with zero attached hydrogens (tertiary/aromatic N) is 4. The molecule has 1 amide bonds. The lowest BCUT2D eigenvalue weighted by Gasteiger charge is -2.20. The Morgan fingerprint density at radius 3 is 2.78 bits per heavy atom. The van der Waals surface area contributed by atoms with Crippen LogP contribution in [-0.2, 0) is 6.42 Å². The first kappa shape index (κ1) is 17.1. The molecule has 0 bridgehead atoms. The van der Waals surface area contributed by atoms with Gasteiger partial charge >= 0.3 is 0 Å². The van der Waals surface area contributed by atoms with E-state index in [0.29, 0.717) is 24.6 Å². The summed E-state index contributed by atoms with van der Waals surface area (Å²) in [6.07, 6.45) is 4.05. The Balaban J connectivity index is 2.08. The van der Waals surface area contributed by atoms with Crippen molar-refractivity contribution >= 4 is 5.91 Å². The molecule has 6 nitrogen and oxygen atoms in total. The van der Waals surface area contributed by atoms with E-state index in [2.05, 4.69) is 34.1 Å². The van der Waals surface area contributed by atoms with Crippen LogP contribution in [0, 0.1) is 0 Å². The molecule has 6 heteroatoms. The van der Waals surface area contributed by atoms with E-state index in [1.54, 1.807) is 17.1 Å². The second-order valence-corrected chi connectivity index (χ2v) is 5.79. The van der Waals surface area contributed by atoms with E-state index in [1.165, 1.54) is 0 Å². The zero-order chi connectivity index (χ0) is 16.8. The highest BCUT2D eigenvalue weighted by atomic mass is 16.1. The van der Waals surface area contributed by atoms with E-state index in [-0.39, 0.29) is 5.91 Å². The van der Waals surface area contributed by atoms with Crippen molar-refractivity contribution in [2.45, 2.75) is 33.2 Å². The summed E-state index contributed by atoms with van der Waals surface area (Å²) >= 11 is 0. The van der Waals surface area contributed by atoms with Crippen molar-refractivity contribution in [3.63, 3.8) is 0 Å². The van der Waals surface area contributed by atoms with E-state index >= 15 is 0 Å². The van der Waals surface area contributed by atoms with E-state index in [4.69, 9.17) is 0 Å². The summed E-state index contributed by atoms with van der Waals surface area (Å²) in [5, 5.41) is 7.30. The minimum absolute atomic E-state index is 0.0822. The van der Waals surface area contributed by atoms with Crippen LogP contribution in [0.25, 0.3) is 5.82 Å². The normalized spacial score (nSPS) is 11.2. The van der Waals surface area contributed by atoms with E-state index in [1.807, 2.05) is 32.2 Å². The molecule has 0 radical (unpaired) electrons. The first-order chi connectivity index (χ1) is 11.0. The predicted octanol–water partition coefficient (Wildman–Crippen LogP) is 1.90. The van der Waals surface area contributed by atoms with Gasteiger partial charge in [0, 0.05) is 25.3 Å². The van der Waals surface area contributed by atoms with Gasteiger partial charge in [0.05, 0.1) is 17.5 Å². The molecule has 0 saturated heterocycles. The van der Waals surface area contributed by atoms with E-state index in [9.17, 15) is 4.79 Å². The summed E-state index contributed by atoms with van der Waals surface area (Å²) in [6, 6.07) is 6.11. The van der Waals surface area contributed by atoms with Gasteiger partial charge in [-0.1, -0.05) is 13.0 Å². The standard InChI is InChI=1S/C17H25N5O/c1-5-15-14(17(23)19-10-11-21(4)13(2)3)12-20-22(15)16-8-6-7-9-18-16/h6-9,12-13H,5,10-11H2,1-4H3,(H,19,23). The fourth-order valence-electron chi connectivity index (χ4n) is 2.28. The number of likely N-dealkylation sites (N-methyl/N-ethyl adjacent to an activating group) is 1. The number of carbonyl (C=O) groups is 1. The lowest BCUT2D eigenvalue weighted by Crippen LogP contribution is -2.36. The molecule has 2 aromatic rings. The fraction of sp³-hybridized carbons (Fsp3) is 0.471. The fourth-order valence-corrected chi connectivity index (χ4v) is 2.28. The Hall–Kier alpha value is -2.21. The summed E-state index contributed by atoms with van der Waals surface area (Å²) in [5.74, 6) is 0.643. The van der Waals surface area contributed by atoms with Gasteiger partial charge < -0.3 is 10.2 Å². The van der Waals surface area contributed by atoms with Crippen LogP contribution in [0.1, 0.15) is 36.8 Å². The molecule has 0 aromatic carbocycles. The monoisotopic (exact) mass is 315 g/mol. The Morgan fingerprint density at radius 1 is 1.39 bits per heavy atom. The minimum atomic E-state index is -0.0822. The van der Waals surface area contributed by atoms with Crippen LogP contribution in [0.3, 0.4) is 0 Å². The summed E-state index contributed by atoms with van der Waals surface area (Å²) in [7, 11) is 2.05. The molecule has 0 fully saturated rings. The third-order valence-electron chi connectivity index (χ3n) is 3.95. The third-order valence-corrected chi connectivity index (χ3v) is 3.95. The molecule has 0 saturated carbocycles. The molecule has 0 atom stereocenters. The molecule has 0 aliphatic heterocycles. The van der Waals surface area contributed by atoms with Crippen molar-refractivity contribution in [2.75, 3.05) is 20.1 Å². The molecule has 0 unspecified atom stereocenters. The lowest BCUT2D eigenvalue weighted by atomic mass is 10.2. The van der Waals surface area contributed by atoms with Crippen molar-refractivity contribution in [1.29, 1.82) is 0 Å². The number of nitrogens with one attached hydrogen (secondary N) is 1. The predicted molar refractivity (Wildman–Crippen MR) is 90.8 cm³/mol. The van der Waals surface area contributed by atoms with Crippen LogP contribution in [0.5, 0.6) is 0 Å². The van der Waals surface area contributed by atoms with Gasteiger partial charge in [-0.15, -0.1) is 0 Å². The van der Waals surface area contributed by atoms with Crippen molar-refractivity contribution in [3.05, 3.63) is 41.9 Å². The Labute approximate surface area is 137 Å². The maximum atomic E-state index is 12.4. The van der Waals surface area contributed by atoms with Crippen LogP contribution in [0.2, 0.25) is 0 Å². The molecule has 0 spiro atoms. The average molecular weight is 315 g/mol. The molecule has 124 valence electrons. The molecular formula is C17H25N5O. The quantitative estimate of drug-likeness (QED) is 0.847. The molecule has 23 heavy (non-hydrogen) atoms. The lowest BCUT2D eigenvalue weighted by molar-refractivity contribution is 0.0947. The van der Waals surface area contributed by atoms with E-state index < -0.39 is 0 Å². The molecular weight excluding hydrogens is 290 g/mol. The Morgan fingerprint density at radius 2 is 2.17 bits per heavy atom. The minimum Gasteiger partial charge on any atom is -0.351 e. The number of hydrogen-bond acceptors (Lipinski definition) is 4. The molecule has 2 aromatic heterocycles. The van der Waals surface area contributed by atoms with Gasteiger partial charge in [0.2, 0.25) is 0 Å². The van der Waals surface area contributed by atoms with Crippen molar-refractivity contribution in [1.82, 2.24) is 25.0 Å². The van der Waals surface area contributed by atoms with Gasteiger partial charge in [-0.05, 0) is 39.4 Å². The largest absolute Gasteiger partial charge is 0.351 e. The highest BCUT2D eigenvalue weighted by molar-refractivity contribution is 5.95. The number of aromatic nitrogens is 3. The van der Waals surface area contributed by atoms with Crippen LogP contribution in [0.15, 0.2) is 30.6 Å². The van der Waals surface area contributed by atoms with Gasteiger partial charge in [0.25, 0.3) is 5.91 Å². The van der Waals surface area contributed by atoms with Gasteiger partial charge in [-0.25, -0.2) is 9.67 Å². The molecule has 2 rings (SSSR count).